The van der Waals surface area contributed by atoms with Crippen LogP contribution in [0.1, 0.15) is 67.2 Å². The van der Waals surface area contributed by atoms with E-state index in [-0.39, 0.29) is 63.9 Å². The summed E-state index contributed by atoms with van der Waals surface area (Å²) in [6.07, 6.45) is 7.33. The molecule has 13 heteroatoms. The molecule has 6 fully saturated rings. The minimum atomic E-state index is -0.536. The number of amides is 1. The number of benzene rings is 2. The molecule has 6 aliphatic rings. The monoisotopic (exact) mass is 768 g/mol. The Balaban J connectivity index is 0.000000577. The van der Waals surface area contributed by atoms with Crippen molar-refractivity contribution in [1.29, 1.82) is 5.26 Å². The van der Waals surface area contributed by atoms with Crippen molar-refractivity contribution >= 4 is 56.7 Å². The van der Waals surface area contributed by atoms with E-state index in [1.165, 1.54) is 25.7 Å². The summed E-state index contributed by atoms with van der Waals surface area (Å²) >= 11 is 12.9. The lowest BCUT2D eigenvalue weighted by molar-refractivity contribution is -0.135. The highest BCUT2D eigenvalue weighted by atomic mass is 35.5. The number of carbonyl (C=O) groups is 1. The number of aromatic amines is 1. The number of hydrogen-bond donors (Lipinski definition) is 2. The SMILES string of the molecule is C1NC2CC1C2.Cc1ncnc(N2CC3CC(C2)N(C(=O)C2CC2)C3c2cc3c(C)nc4c(F)c(-c5cccc(Cl)c5Cl)c(CCC#N)cc4c3[nH]2)c1F. The molecular formula is C41H40Cl2F2N8O. The summed E-state index contributed by atoms with van der Waals surface area (Å²) in [5.74, 6) is 0.492. The number of pyridine rings is 1. The standard InChI is InChI=1S/C36H31Cl2F2N7O.C5H9N/c1-17-24-13-27(34-21-11-22(47(34)36(48)19-8-9-19)15-46(14-21)35-30(39)18(2)42-16-43-35)45-32(24)25-12-20(5-4-10-41)28(31(40)33(25)44-17)23-6-3-7-26(37)29(23)38;1-4-2-5(1)6-3-4/h3,6-7,12-13,16,19,21-22,34,45H,4-5,8-9,11,14-15H2,1-2H3;4-6H,1-3H2. The van der Waals surface area contributed by atoms with Crippen LogP contribution in [0.4, 0.5) is 14.6 Å². The Morgan fingerprint density at radius 1 is 1.04 bits per heavy atom. The van der Waals surface area contributed by atoms with E-state index in [0.717, 1.165) is 42.3 Å². The fourth-order valence-electron chi connectivity index (χ4n) is 9.23. The number of carbonyl (C=O) groups excluding carboxylic acids is 1. The number of halogens is 4. The summed E-state index contributed by atoms with van der Waals surface area (Å²) in [6, 6.07) is 11.7. The third kappa shape index (κ3) is 5.98. The quantitative estimate of drug-likeness (QED) is 0.178. The average molecular weight is 770 g/mol. The normalized spacial score (nSPS) is 24.1. The third-order valence-electron chi connectivity index (χ3n) is 12.1. The smallest absolute Gasteiger partial charge is 0.226 e. The molecule has 11 rings (SSSR count). The van der Waals surface area contributed by atoms with Crippen LogP contribution in [-0.4, -0.2) is 62.5 Å². The van der Waals surface area contributed by atoms with Crippen molar-refractivity contribution in [2.75, 3.05) is 24.5 Å². The number of nitrogens with zero attached hydrogens (tertiary/aromatic N) is 6. The van der Waals surface area contributed by atoms with Crippen LogP contribution in [0.25, 0.3) is 32.9 Å². The van der Waals surface area contributed by atoms with Crippen molar-refractivity contribution in [3.8, 4) is 17.2 Å². The van der Waals surface area contributed by atoms with Crippen molar-refractivity contribution < 1.29 is 13.6 Å². The molecule has 0 radical (unpaired) electrons. The van der Waals surface area contributed by atoms with Gasteiger partial charge in [0, 0.05) is 70.7 Å². The number of rotatable bonds is 6. The highest BCUT2D eigenvalue weighted by molar-refractivity contribution is 6.43. The van der Waals surface area contributed by atoms with E-state index < -0.39 is 11.6 Å². The molecule has 3 aromatic heterocycles. The van der Waals surface area contributed by atoms with E-state index in [1.54, 1.807) is 25.1 Å². The number of fused-ring (bicyclic) bond motifs is 6. The van der Waals surface area contributed by atoms with Crippen LogP contribution in [0, 0.1) is 54.6 Å². The molecule has 7 heterocycles. The Hall–Kier alpha value is -4.37. The van der Waals surface area contributed by atoms with Gasteiger partial charge in [-0.1, -0.05) is 35.3 Å². The van der Waals surface area contributed by atoms with Gasteiger partial charge in [0.25, 0.3) is 0 Å². The van der Waals surface area contributed by atoms with Gasteiger partial charge in [0.2, 0.25) is 5.91 Å². The molecule has 2 saturated carbocycles. The number of hydrogen-bond acceptors (Lipinski definition) is 7. The molecule has 5 aromatic rings. The van der Waals surface area contributed by atoms with Crippen LogP contribution in [0.5, 0.6) is 0 Å². The number of likely N-dealkylation sites (tertiary alicyclic amines) is 1. The first-order valence-corrected chi connectivity index (χ1v) is 19.6. The average Bonchev–Trinajstić information content (AvgIpc) is 3.42. The zero-order chi connectivity index (χ0) is 37.4. The minimum absolute atomic E-state index is 0.000431. The molecule has 2 aromatic carbocycles. The van der Waals surface area contributed by atoms with Crippen LogP contribution in [-0.2, 0) is 11.2 Å². The van der Waals surface area contributed by atoms with Gasteiger partial charge in [-0.3, -0.25) is 4.79 Å². The lowest BCUT2D eigenvalue weighted by Gasteiger charge is -2.33. The molecule has 54 heavy (non-hydrogen) atoms. The number of aryl methyl sites for hydroxylation is 3. The molecule has 1 amide bonds. The summed E-state index contributed by atoms with van der Waals surface area (Å²) in [6.45, 7) is 5.77. The van der Waals surface area contributed by atoms with Gasteiger partial charge >= 0.3 is 0 Å². The molecule has 3 unspecified atom stereocenters. The molecule has 0 spiro atoms. The Labute approximate surface area is 322 Å². The van der Waals surface area contributed by atoms with Gasteiger partial charge in [0.15, 0.2) is 17.5 Å². The van der Waals surface area contributed by atoms with E-state index in [2.05, 4.69) is 26.3 Å². The van der Waals surface area contributed by atoms with E-state index in [0.29, 0.717) is 52.3 Å². The third-order valence-corrected chi connectivity index (χ3v) is 12.9. The van der Waals surface area contributed by atoms with E-state index in [9.17, 15) is 10.1 Å². The van der Waals surface area contributed by atoms with Crippen LogP contribution in [0.2, 0.25) is 10.0 Å². The Morgan fingerprint density at radius 2 is 1.85 bits per heavy atom. The lowest BCUT2D eigenvalue weighted by Crippen LogP contribution is -2.45. The van der Waals surface area contributed by atoms with Crippen LogP contribution in [0.15, 0.2) is 36.7 Å². The number of anilines is 1. The largest absolute Gasteiger partial charge is 0.356 e. The van der Waals surface area contributed by atoms with Gasteiger partial charge in [0.1, 0.15) is 11.8 Å². The highest BCUT2D eigenvalue weighted by Crippen LogP contribution is 2.49. The van der Waals surface area contributed by atoms with Crippen LogP contribution in [0.3, 0.4) is 0 Å². The summed E-state index contributed by atoms with van der Waals surface area (Å²) in [7, 11) is 0. The molecule has 4 saturated heterocycles. The van der Waals surface area contributed by atoms with E-state index >= 15 is 8.78 Å². The number of H-pyrrole nitrogens is 1. The van der Waals surface area contributed by atoms with Crippen molar-refractivity contribution in [3.05, 3.63) is 81.0 Å². The fraction of sp³-hybridized carbons (Fsp3) is 0.439. The maximum absolute atomic E-state index is 16.7. The first kappa shape index (κ1) is 35.3. The summed E-state index contributed by atoms with van der Waals surface area (Å²) in [5, 5.41) is 14.8. The second kappa shape index (κ2) is 13.7. The molecule has 2 aliphatic carbocycles. The zero-order valence-corrected chi connectivity index (χ0v) is 31.6. The second-order valence-corrected chi connectivity index (χ2v) is 16.4. The molecule has 2 N–H and O–H groups in total. The van der Waals surface area contributed by atoms with Crippen molar-refractivity contribution in [1.82, 2.24) is 30.2 Å². The van der Waals surface area contributed by atoms with Crippen molar-refractivity contribution in [2.45, 2.75) is 76.9 Å². The molecule has 9 nitrogen and oxygen atoms in total. The van der Waals surface area contributed by atoms with Crippen LogP contribution >= 0.6 is 23.2 Å². The molecular weight excluding hydrogens is 729 g/mol. The first-order chi connectivity index (χ1) is 26.1. The predicted molar refractivity (Wildman–Crippen MR) is 205 cm³/mol. The molecule has 278 valence electrons. The first-order valence-electron chi connectivity index (χ1n) is 18.8. The molecule has 4 aliphatic heterocycles. The summed E-state index contributed by atoms with van der Waals surface area (Å²) in [5.41, 5.74) is 3.98. The fourth-order valence-corrected chi connectivity index (χ4v) is 9.62. The topological polar surface area (TPSA) is 114 Å². The number of aromatic nitrogens is 4. The molecule has 3 atom stereocenters. The summed E-state index contributed by atoms with van der Waals surface area (Å²) in [4.78, 5) is 34.5. The van der Waals surface area contributed by atoms with Gasteiger partial charge in [-0.15, -0.1) is 0 Å². The predicted octanol–water partition coefficient (Wildman–Crippen LogP) is 8.39. The van der Waals surface area contributed by atoms with Gasteiger partial charge in [0.05, 0.1) is 39.4 Å². The molecule has 4 bridgehead atoms. The van der Waals surface area contributed by atoms with Crippen molar-refractivity contribution in [3.63, 3.8) is 0 Å². The number of nitriles is 1. The number of nitrogens with one attached hydrogen (secondary N) is 2. The Morgan fingerprint density at radius 3 is 2.56 bits per heavy atom. The van der Waals surface area contributed by atoms with E-state index in [4.69, 9.17) is 28.2 Å². The summed E-state index contributed by atoms with van der Waals surface area (Å²) < 4.78 is 31.9. The van der Waals surface area contributed by atoms with Gasteiger partial charge < -0.3 is 20.1 Å². The van der Waals surface area contributed by atoms with Gasteiger partial charge in [-0.05, 0) is 88.6 Å². The maximum atomic E-state index is 16.7. The zero-order valence-electron chi connectivity index (χ0n) is 30.1. The lowest BCUT2D eigenvalue weighted by atomic mass is 9.87. The maximum Gasteiger partial charge on any atom is 0.226 e. The Bertz CT molecular complexity index is 2350. The minimum Gasteiger partial charge on any atom is -0.356 e. The highest BCUT2D eigenvalue weighted by Gasteiger charge is 2.52. The number of piperidine rings is 1. The van der Waals surface area contributed by atoms with Crippen LogP contribution < -0.4 is 10.2 Å². The Kier molecular flexibility index (Phi) is 8.99. The van der Waals surface area contributed by atoms with Gasteiger partial charge in [-0.2, -0.15) is 5.26 Å². The van der Waals surface area contributed by atoms with E-state index in [1.807, 2.05) is 28.9 Å². The second-order valence-electron chi connectivity index (χ2n) is 15.6. The van der Waals surface area contributed by atoms with Gasteiger partial charge in [-0.25, -0.2) is 23.7 Å². The van der Waals surface area contributed by atoms with Crippen molar-refractivity contribution in [2.24, 2.45) is 17.8 Å².